The summed E-state index contributed by atoms with van der Waals surface area (Å²) in [6, 6.07) is 6.35. The van der Waals surface area contributed by atoms with Gasteiger partial charge in [-0.15, -0.1) is 0 Å². The highest BCUT2D eigenvalue weighted by Gasteiger charge is 2.52. The summed E-state index contributed by atoms with van der Waals surface area (Å²) < 4.78 is 14.4. The van der Waals surface area contributed by atoms with Crippen LogP contribution in [0.5, 0.6) is 0 Å². The number of pyridine rings is 1. The van der Waals surface area contributed by atoms with Crippen molar-refractivity contribution in [3.05, 3.63) is 60.3 Å². The summed E-state index contributed by atoms with van der Waals surface area (Å²) in [7, 11) is 0. The van der Waals surface area contributed by atoms with Crippen molar-refractivity contribution in [2.75, 3.05) is 29.9 Å². The van der Waals surface area contributed by atoms with Crippen LogP contribution in [0, 0.1) is 11.2 Å². The Hall–Kier alpha value is -3.59. The summed E-state index contributed by atoms with van der Waals surface area (Å²) in [5.74, 6) is 0.0432. The molecule has 1 spiro atoms. The van der Waals surface area contributed by atoms with E-state index in [2.05, 4.69) is 26.8 Å². The molecule has 2 saturated heterocycles. The number of carbonyl (C=O) groups is 2. The van der Waals surface area contributed by atoms with E-state index < -0.39 is 5.82 Å². The first-order valence-corrected chi connectivity index (χ1v) is 10.3. The molecule has 1 N–H and O–H groups in total. The molecule has 0 bridgehead atoms. The second-order valence-electron chi connectivity index (χ2n) is 8.06. The highest BCUT2D eigenvalue weighted by atomic mass is 35.5. The molecule has 0 saturated carbocycles. The predicted octanol–water partition coefficient (Wildman–Crippen LogP) is 3.31. The number of benzene rings is 1. The first-order valence-electron chi connectivity index (χ1n) is 9.93. The number of hydrogen-bond acceptors (Lipinski definition) is 6. The fourth-order valence-electron chi connectivity index (χ4n) is 4.29. The fourth-order valence-corrected chi connectivity index (χ4v) is 4.46. The lowest BCUT2D eigenvalue weighted by Crippen LogP contribution is -2.59. The second-order valence-corrected chi connectivity index (χ2v) is 8.47. The molecule has 4 heterocycles. The fraction of sp³-hybridized carbons (Fsp3) is 0.227. The maximum absolute atomic E-state index is 14.4. The van der Waals surface area contributed by atoms with Gasteiger partial charge < -0.3 is 10.2 Å². The molecule has 2 aliphatic rings. The van der Waals surface area contributed by atoms with E-state index in [1.54, 1.807) is 34.2 Å². The van der Waals surface area contributed by atoms with Crippen molar-refractivity contribution in [1.82, 2.24) is 19.9 Å². The number of hydrogen-bond donors (Lipinski definition) is 1. The number of rotatable bonds is 4. The first kappa shape index (κ1) is 20.3. The molecule has 0 aliphatic carbocycles. The molecule has 8 nitrogen and oxygen atoms in total. The Morgan fingerprint density at radius 3 is 2.84 bits per heavy atom. The Balaban J connectivity index is 1.44. The number of likely N-dealkylation sites (tertiary alicyclic amines) is 1. The molecule has 5 rings (SSSR count). The number of amides is 2. The molecule has 2 fully saturated rings. The van der Waals surface area contributed by atoms with Crippen LogP contribution in [0.1, 0.15) is 6.42 Å². The molecule has 3 aromatic rings. The van der Waals surface area contributed by atoms with E-state index >= 15 is 0 Å². The van der Waals surface area contributed by atoms with Crippen LogP contribution in [0.25, 0.3) is 10.9 Å². The molecule has 1 aromatic carbocycles. The summed E-state index contributed by atoms with van der Waals surface area (Å²) >= 11 is 5.88. The molecular weight excluding hydrogens is 435 g/mol. The summed E-state index contributed by atoms with van der Waals surface area (Å²) in [6.07, 6.45) is 4.53. The van der Waals surface area contributed by atoms with Crippen molar-refractivity contribution in [1.29, 1.82) is 0 Å². The number of aromatic nitrogens is 3. The third-order valence-electron chi connectivity index (χ3n) is 5.85. The number of anilines is 3. The Morgan fingerprint density at radius 2 is 2.06 bits per heavy atom. The minimum atomic E-state index is -0.588. The average Bonchev–Trinajstić information content (AvgIpc) is 3.13. The maximum atomic E-state index is 14.4. The molecule has 2 aliphatic heterocycles. The van der Waals surface area contributed by atoms with Gasteiger partial charge in [-0.2, -0.15) is 0 Å². The standard InChI is InChI=1S/C22H18ClFN6O2/c1-2-18(31)29-9-22(10-29)7-19(32)30(11-22)17-6-13-16(8-25-17)26-12-27-21(13)28-15-5-3-4-14(23)20(15)24/h2-6,8,12H,1,7,9-11H2,(H,26,27,28). The number of nitrogens with one attached hydrogen (secondary N) is 1. The smallest absolute Gasteiger partial charge is 0.245 e. The van der Waals surface area contributed by atoms with Gasteiger partial charge in [-0.05, 0) is 24.3 Å². The van der Waals surface area contributed by atoms with Crippen molar-refractivity contribution < 1.29 is 14.0 Å². The van der Waals surface area contributed by atoms with Gasteiger partial charge in [0, 0.05) is 36.9 Å². The van der Waals surface area contributed by atoms with Gasteiger partial charge in [0.05, 0.1) is 22.4 Å². The number of halogens is 2. The summed E-state index contributed by atoms with van der Waals surface area (Å²) in [4.78, 5) is 40.7. The number of carbonyl (C=O) groups excluding carboxylic acids is 2. The summed E-state index contributed by atoms with van der Waals surface area (Å²) in [6.45, 7) is 4.99. The van der Waals surface area contributed by atoms with Gasteiger partial charge in [0.2, 0.25) is 11.8 Å². The topological polar surface area (TPSA) is 91.3 Å². The Labute approximate surface area is 187 Å². The lowest BCUT2D eigenvalue weighted by atomic mass is 9.79. The van der Waals surface area contributed by atoms with E-state index in [1.807, 2.05) is 0 Å². The summed E-state index contributed by atoms with van der Waals surface area (Å²) in [5, 5.41) is 3.53. The van der Waals surface area contributed by atoms with Crippen LogP contribution in [0.2, 0.25) is 5.02 Å². The zero-order valence-electron chi connectivity index (χ0n) is 16.9. The first-order chi connectivity index (χ1) is 15.4. The second kappa shape index (κ2) is 7.52. The van der Waals surface area contributed by atoms with Gasteiger partial charge in [-0.1, -0.05) is 24.2 Å². The normalized spacial score (nSPS) is 17.0. The van der Waals surface area contributed by atoms with Crippen LogP contribution in [0.15, 0.2) is 49.4 Å². The van der Waals surface area contributed by atoms with Crippen molar-refractivity contribution in [2.24, 2.45) is 5.41 Å². The molecule has 162 valence electrons. The Morgan fingerprint density at radius 1 is 1.25 bits per heavy atom. The summed E-state index contributed by atoms with van der Waals surface area (Å²) in [5.41, 5.74) is 0.444. The van der Waals surface area contributed by atoms with E-state index in [0.717, 1.165) is 0 Å². The van der Waals surface area contributed by atoms with E-state index in [4.69, 9.17) is 11.6 Å². The lowest BCUT2D eigenvalue weighted by Gasteiger charge is -2.46. The van der Waals surface area contributed by atoms with Crippen LogP contribution >= 0.6 is 11.6 Å². The molecule has 0 atom stereocenters. The van der Waals surface area contributed by atoms with Crippen molar-refractivity contribution in [3.63, 3.8) is 0 Å². The Kier molecular flexibility index (Phi) is 4.78. The zero-order valence-corrected chi connectivity index (χ0v) is 17.6. The average molecular weight is 453 g/mol. The third kappa shape index (κ3) is 3.34. The van der Waals surface area contributed by atoms with Crippen molar-refractivity contribution in [2.45, 2.75) is 6.42 Å². The minimum absolute atomic E-state index is 0.00634. The van der Waals surface area contributed by atoms with Gasteiger partial charge in [0.1, 0.15) is 18.0 Å². The van der Waals surface area contributed by atoms with Gasteiger partial charge in [-0.3, -0.25) is 14.5 Å². The third-order valence-corrected chi connectivity index (χ3v) is 6.14. The lowest BCUT2D eigenvalue weighted by molar-refractivity contribution is -0.138. The molecule has 10 heteroatoms. The molecule has 0 radical (unpaired) electrons. The van der Waals surface area contributed by atoms with Gasteiger partial charge in [0.25, 0.3) is 0 Å². The minimum Gasteiger partial charge on any atom is -0.338 e. The quantitative estimate of drug-likeness (QED) is 0.611. The zero-order chi connectivity index (χ0) is 22.5. The van der Waals surface area contributed by atoms with E-state index in [1.165, 1.54) is 18.5 Å². The molecule has 2 aromatic heterocycles. The highest BCUT2D eigenvalue weighted by Crippen LogP contribution is 2.42. The molecule has 2 amide bonds. The van der Waals surface area contributed by atoms with Gasteiger partial charge >= 0.3 is 0 Å². The Bertz CT molecular complexity index is 1280. The van der Waals surface area contributed by atoms with E-state index in [9.17, 15) is 14.0 Å². The van der Waals surface area contributed by atoms with Crippen LogP contribution in [-0.4, -0.2) is 51.3 Å². The SMILES string of the molecule is C=CC(=O)N1CC2(CC(=O)N(c3cc4c(Nc5cccc(Cl)c5F)ncnc4cn3)C2)C1. The van der Waals surface area contributed by atoms with Crippen molar-refractivity contribution >= 4 is 51.6 Å². The number of nitrogens with zero attached hydrogens (tertiary/aromatic N) is 5. The molecular formula is C22H18ClFN6O2. The van der Waals surface area contributed by atoms with Crippen LogP contribution < -0.4 is 10.2 Å². The van der Waals surface area contributed by atoms with Crippen LogP contribution in [0.3, 0.4) is 0 Å². The van der Waals surface area contributed by atoms with Gasteiger partial charge in [-0.25, -0.2) is 19.3 Å². The van der Waals surface area contributed by atoms with E-state index in [0.29, 0.717) is 48.6 Å². The van der Waals surface area contributed by atoms with Crippen LogP contribution in [0.4, 0.5) is 21.7 Å². The largest absolute Gasteiger partial charge is 0.338 e. The maximum Gasteiger partial charge on any atom is 0.245 e. The van der Waals surface area contributed by atoms with Crippen molar-refractivity contribution in [3.8, 4) is 0 Å². The molecule has 32 heavy (non-hydrogen) atoms. The monoisotopic (exact) mass is 452 g/mol. The highest BCUT2D eigenvalue weighted by molar-refractivity contribution is 6.31. The molecule has 0 unspecified atom stereocenters. The van der Waals surface area contributed by atoms with E-state index in [-0.39, 0.29) is 27.9 Å². The predicted molar refractivity (Wildman–Crippen MR) is 118 cm³/mol. The van der Waals surface area contributed by atoms with Crippen LogP contribution in [-0.2, 0) is 9.59 Å². The van der Waals surface area contributed by atoms with Gasteiger partial charge in [0.15, 0.2) is 5.82 Å². The number of fused-ring (bicyclic) bond motifs is 1.